The van der Waals surface area contributed by atoms with Gasteiger partial charge >= 0.3 is 5.97 Å². The number of aromatic nitrogens is 1. The molecule has 0 N–H and O–H groups in total. The molecule has 19 heavy (non-hydrogen) atoms. The van der Waals surface area contributed by atoms with E-state index in [0.29, 0.717) is 0 Å². The Balaban J connectivity index is 2.50. The summed E-state index contributed by atoms with van der Waals surface area (Å²) >= 11 is 0. The van der Waals surface area contributed by atoms with Crippen molar-refractivity contribution < 1.29 is 22.7 Å². The third-order valence-corrected chi connectivity index (χ3v) is 2.48. The van der Waals surface area contributed by atoms with Crippen LogP contribution in [0.4, 0.5) is 13.2 Å². The quantitative estimate of drug-likeness (QED) is 0.620. The number of pyridine rings is 1. The average molecular weight is 267 g/mol. The van der Waals surface area contributed by atoms with Gasteiger partial charge in [-0.3, -0.25) is 4.98 Å². The highest BCUT2D eigenvalue weighted by Crippen LogP contribution is 2.24. The molecular weight excluding hydrogens is 259 g/mol. The minimum atomic E-state index is -1.54. The van der Waals surface area contributed by atoms with Crippen molar-refractivity contribution in [2.24, 2.45) is 0 Å². The van der Waals surface area contributed by atoms with E-state index in [-0.39, 0.29) is 16.7 Å². The smallest absolute Gasteiger partial charge is 0.339 e. The number of esters is 1. The second-order valence-electron chi connectivity index (χ2n) is 3.71. The van der Waals surface area contributed by atoms with E-state index < -0.39 is 23.4 Å². The van der Waals surface area contributed by atoms with Crippen molar-refractivity contribution in [3.8, 4) is 11.1 Å². The summed E-state index contributed by atoms with van der Waals surface area (Å²) in [7, 11) is 1.20. The van der Waals surface area contributed by atoms with Crippen LogP contribution in [0.15, 0.2) is 30.6 Å². The van der Waals surface area contributed by atoms with Gasteiger partial charge in [-0.15, -0.1) is 0 Å². The fourth-order valence-electron chi connectivity index (χ4n) is 1.55. The molecule has 0 aliphatic carbocycles. The van der Waals surface area contributed by atoms with E-state index in [1.54, 1.807) is 0 Å². The van der Waals surface area contributed by atoms with Crippen LogP contribution in [0.25, 0.3) is 11.1 Å². The van der Waals surface area contributed by atoms with Crippen LogP contribution in [0.5, 0.6) is 0 Å². The highest BCUT2D eigenvalue weighted by molar-refractivity contribution is 5.90. The lowest BCUT2D eigenvalue weighted by Gasteiger charge is -2.05. The maximum absolute atomic E-state index is 13.1. The van der Waals surface area contributed by atoms with Gasteiger partial charge in [0.15, 0.2) is 17.5 Å². The zero-order valence-electron chi connectivity index (χ0n) is 9.78. The molecule has 0 amide bonds. The van der Waals surface area contributed by atoms with Crippen LogP contribution < -0.4 is 0 Å². The van der Waals surface area contributed by atoms with Gasteiger partial charge in [-0.1, -0.05) is 0 Å². The third-order valence-electron chi connectivity index (χ3n) is 2.48. The standard InChI is InChI=1S/C13H8F3NO2/c1-19-13(18)9-2-8(5-17-6-9)7-3-10(14)12(16)11(15)4-7/h2-6H,1H3. The molecule has 0 saturated carbocycles. The topological polar surface area (TPSA) is 39.2 Å². The maximum Gasteiger partial charge on any atom is 0.339 e. The maximum atomic E-state index is 13.1. The zero-order valence-corrected chi connectivity index (χ0v) is 9.78. The summed E-state index contributed by atoms with van der Waals surface area (Å²) in [5.74, 6) is -4.78. The summed E-state index contributed by atoms with van der Waals surface area (Å²) in [4.78, 5) is 15.1. The number of carbonyl (C=O) groups is 1. The number of nitrogens with zero attached hydrogens (tertiary/aromatic N) is 1. The Labute approximate surface area is 106 Å². The molecule has 0 radical (unpaired) electrons. The summed E-state index contributed by atoms with van der Waals surface area (Å²) in [6, 6.07) is 3.01. The number of carbonyl (C=O) groups excluding carboxylic acids is 1. The molecule has 3 nitrogen and oxygen atoms in total. The molecule has 1 aromatic heterocycles. The van der Waals surface area contributed by atoms with Crippen LogP contribution in [-0.4, -0.2) is 18.1 Å². The Morgan fingerprint density at radius 3 is 2.26 bits per heavy atom. The number of rotatable bonds is 2. The third kappa shape index (κ3) is 2.57. The zero-order chi connectivity index (χ0) is 14.0. The fourth-order valence-corrected chi connectivity index (χ4v) is 1.55. The van der Waals surface area contributed by atoms with E-state index in [4.69, 9.17) is 0 Å². The van der Waals surface area contributed by atoms with E-state index in [2.05, 4.69) is 9.72 Å². The molecule has 2 aromatic rings. The lowest BCUT2D eigenvalue weighted by atomic mass is 10.1. The Kier molecular flexibility index (Phi) is 3.50. The van der Waals surface area contributed by atoms with E-state index in [9.17, 15) is 18.0 Å². The first-order chi connectivity index (χ1) is 9.02. The van der Waals surface area contributed by atoms with Crippen LogP contribution >= 0.6 is 0 Å². The van der Waals surface area contributed by atoms with Gasteiger partial charge in [0.1, 0.15) is 0 Å². The number of ether oxygens (including phenoxy) is 1. The lowest BCUT2D eigenvalue weighted by molar-refractivity contribution is 0.0600. The second kappa shape index (κ2) is 5.09. The van der Waals surface area contributed by atoms with Crippen LogP contribution in [0, 0.1) is 17.5 Å². The van der Waals surface area contributed by atoms with Crippen molar-refractivity contribution in [1.82, 2.24) is 4.98 Å². The molecule has 0 fully saturated rings. The molecule has 0 aliphatic rings. The van der Waals surface area contributed by atoms with Gasteiger partial charge in [0, 0.05) is 18.0 Å². The van der Waals surface area contributed by atoms with Gasteiger partial charge in [0.2, 0.25) is 0 Å². The summed E-state index contributed by atoms with van der Waals surface area (Å²) < 4.78 is 43.6. The highest BCUT2D eigenvalue weighted by Gasteiger charge is 2.13. The SMILES string of the molecule is COC(=O)c1cncc(-c2cc(F)c(F)c(F)c2)c1. The van der Waals surface area contributed by atoms with Gasteiger partial charge in [-0.2, -0.15) is 0 Å². The first-order valence-corrected chi connectivity index (χ1v) is 5.21. The highest BCUT2D eigenvalue weighted by atomic mass is 19.2. The fraction of sp³-hybridized carbons (Fsp3) is 0.0769. The summed E-state index contributed by atoms with van der Waals surface area (Å²) in [6.07, 6.45) is 2.56. The number of methoxy groups -OCH3 is 1. The van der Waals surface area contributed by atoms with E-state index in [1.807, 2.05) is 0 Å². The molecule has 0 aliphatic heterocycles. The van der Waals surface area contributed by atoms with Crippen molar-refractivity contribution >= 4 is 5.97 Å². The molecule has 2 rings (SSSR count). The van der Waals surface area contributed by atoms with Crippen molar-refractivity contribution in [2.75, 3.05) is 7.11 Å². The van der Waals surface area contributed by atoms with Crippen molar-refractivity contribution in [3.63, 3.8) is 0 Å². The molecule has 6 heteroatoms. The minimum Gasteiger partial charge on any atom is -0.465 e. The van der Waals surface area contributed by atoms with Gasteiger partial charge in [-0.05, 0) is 23.8 Å². The number of benzene rings is 1. The Bertz CT molecular complexity index is 621. The Morgan fingerprint density at radius 2 is 1.68 bits per heavy atom. The summed E-state index contributed by atoms with van der Waals surface area (Å²) in [6.45, 7) is 0. The largest absolute Gasteiger partial charge is 0.465 e. The van der Waals surface area contributed by atoms with Crippen molar-refractivity contribution in [1.29, 1.82) is 0 Å². The van der Waals surface area contributed by atoms with Gasteiger partial charge in [0.25, 0.3) is 0 Å². The molecule has 0 bridgehead atoms. The molecular formula is C13H8F3NO2. The lowest BCUT2D eigenvalue weighted by Crippen LogP contribution is -2.02. The number of hydrogen-bond acceptors (Lipinski definition) is 3. The number of halogens is 3. The summed E-state index contributed by atoms with van der Waals surface area (Å²) in [5, 5.41) is 0. The van der Waals surface area contributed by atoms with E-state index >= 15 is 0 Å². The minimum absolute atomic E-state index is 0.0784. The molecule has 0 saturated heterocycles. The molecule has 0 spiro atoms. The Hall–Kier alpha value is -2.37. The van der Waals surface area contributed by atoms with E-state index in [0.717, 1.165) is 12.1 Å². The van der Waals surface area contributed by atoms with Gasteiger partial charge in [0.05, 0.1) is 12.7 Å². The van der Waals surface area contributed by atoms with E-state index in [1.165, 1.54) is 25.6 Å². The van der Waals surface area contributed by atoms with Crippen LogP contribution in [0.2, 0.25) is 0 Å². The second-order valence-corrected chi connectivity index (χ2v) is 3.71. The van der Waals surface area contributed by atoms with Crippen LogP contribution in [0.1, 0.15) is 10.4 Å². The van der Waals surface area contributed by atoms with Gasteiger partial charge < -0.3 is 4.74 Å². The normalized spacial score (nSPS) is 10.3. The van der Waals surface area contributed by atoms with Crippen molar-refractivity contribution in [3.05, 3.63) is 53.6 Å². The first kappa shape index (κ1) is 13.1. The molecule has 0 unspecified atom stereocenters. The van der Waals surface area contributed by atoms with Crippen LogP contribution in [-0.2, 0) is 4.74 Å². The number of hydrogen-bond donors (Lipinski definition) is 0. The van der Waals surface area contributed by atoms with Crippen molar-refractivity contribution in [2.45, 2.75) is 0 Å². The molecule has 0 atom stereocenters. The Morgan fingerprint density at radius 1 is 1.05 bits per heavy atom. The molecule has 1 heterocycles. The monoisotopic (exact) mass is 267 g/mol. The molecule has 98 valence electrons. The van der Waals surface area contributed by atoms with Crippen LogP contribution in [0.3, 0.4) is 0 Å². The molecule has 1 aromatic carbocycles. The van der Waals surface area contributed by atoms with Gasteiger partial charge in [-0.25, -0.2) is 18.0 Å². The predicted octanol–water partition coefficient (Wildman–Crippen LogP) is 2.95. The summed E-state index contributed by atoms with van der Waals surface area (Å²) in [5.41, 5.74) is 0.487. The average Bonchev–Trinajstić information content (AvgIpc) is 2.43. The predicted molar refractivity (Wildman–Crippen MR) is 60.9 cm³/mol. The first-order valence-electron chi connectivity index (χ1n) is 5.21.